The van der Waals surface area contributed by atoms with Gasteiger partial charge in [-0.3, -0.25) is 15.1 Å². The van der Waals surface area contributed by atoms with E-state index >= 15 is 0 Å². The SMILES string of the molecule is CC(C)CC1NC(C(=O)NCc2ccccc2)Cc2cn(Cc3cccnc3)c3cccc1c23. The van der Waals surface area contributed by atoms with E-state index in [2.05, 4.69) is 64.5 Å². The topological polar surface area (TPSA) is 59.0 Å². The van der Waals surface area contributed by atoms with Crippen molar-refractivity contribution in [3.63, 3.8) is 0 Å². The summed E-state index contributed by atoms with van der Waals surface area (Å²) in [5.41, 5.74) is 6.02. The number of hydrogen-bond donors (Lipinski definition) is 2. The van der Waals surface area contributed by atoms with Gasteiger partial charge >= 0.3 is 0 Å². The average Bonchev–Trinajstić information content (AvgIpc) is 3.11. The predicted octanol–water partition coefficient (Wildman–Crippen LogP) is 5.00. The second-order valence-corrected chi connectivity index (χ2v) is 9.69. The highest BCUT2D eigenvalue weighted by Crippen LogP contribution is 2.36. The van der Waals surface area contributed by atoms with Gasteiger partial charge in [0.2, 0.25) is 5.91 Å². The van der Waals surface area contributed by atoms with E-state index in [-0.39, 0.29) is 18.0 Å². The number of aromatic nitrogens is 2. The Bertz CT molecular complexity index is 1260. The lowest BCUT2D eigenvalue weighted by atomic mass is 9.94. The van der Waals surface area contributed by atoms with Gasteiger partial charge in [0.05, 0.1) is 6.04 Å². The summed E-state index contributed by atoms with van der Waals surface area (Å²) < 4.78 is 2.31. The number of benzene rings is 2. The van der Waals surface area contributed by atoms with Crippen LogP contribution in [0.25, 0.3) is 10.9 Å². The molecule has 0 spiro atoms. The second-order valence-electron chi connectivity index (χ2n) is 9.69. The molecule has 0 saturated carbocycles. The molecule has 2 N–H and O–H groups in total. The Kier molecular flexibility index (Phi) is 6.45. The molecule has 0 radical (unpaired) electrons. The minimum Gasteiger partial charge on any atom is -0.351 e. The Labute approximate surface area is 201 Å². The highest BCUT2D eigenvalue weighted by molar-refractivity contribution is 5.90. The summed E-state index contributed by atoms with van der Waals surface area (Å²) in [7, 11) is 0. The molecule has 2 unspecified atom stereocenters. The zero-order valence-corrected chi connectivity index (χ0v) is 19.9. The van der Waals surface area contributed by atoms with E-state index in [4.69, 9.17) is 0 Å². The molecule has 5 heteroatoms. The van der Waals surface area contributed by atoms with Crippen LogP contribution < -0.4 is 10.6 Å². The molecule has 34 heavy (non-hydrogen) atoms. The summed E-state index contributed by atoms with van der Waals surface area (Å²) in [4.78, 5) is 17.6. The first-order chi connectivity index (χ1) is 16.6. The first kappa shape index (κ1) is 22.4. The van der Waals surface area contributed by atoms with E-state index < -0.39 is 0 Å². The zero-order chi connectivity index (χ0) is 23.5. The summed E-state index contributed by atoms with van der Waals surface area (Å²) in [6, 6.07) is 20.6. The van der Waals surface area contributed by atoms with Gasteiger partial charge in [-0.25, -0.2) is 0 Å². The fourth-order valence-corrected chi connectivity index (χ4v) is 5.09. The molecule has 5 nitrogen and oxygen atoms in total. The molecule has 4 aromatic rings. The number of nitrogens with zero attached hydrogens (tertiary/aromatic N) is 2. The number of amides is 1. The zero-order valence-electron chi connectivity index (χ0n) is 19.9. The van der Waals surface area contributed by atoms with Crippen LogP contribution in [0, 0.1) is 5.92 Å². The van der Waals surface area contributed by atoms with Crippen LogP contribution in [-0.2, 0) is 24.3 Å². The molecule has 0 fully saturated rings. The third kappa shape index (κ3) is 4.75. The van der Waals surface area contributed by atoms with Crippen LogP contribution in [0.1, 0.15) is 48.6 Å². The van der Waals surface area contributed by atoms with Crippen LogP contribution in [0.3, 0.4) is 0 Å². The van der Waals surface area contributed by atoms with Crippen molar-refractivity contribution < 1.29 is 4.79 Å². The number of pyridine rings is 1. The lowest BCUT2D eigenvalue weighted by molar-refractivity contribution is -0.123. The lowest BCUT2D eigenvalue weighted by Gasteiger charge is -2.25. The largest absolute Gasteiger partial charge is 0.351 e. The van der Waals surface area contributed by atoms with Gasteiger partial charge in [0, 0.05) is 48.6 Å². The van der Waals surface area contributed by atoms with Gasteiger partial charge in [-0.2, -0.15) is 0 Å². The van der Waals surface area contributed by atoms with E-state index in [1.165, 1.54) is 27.6 Å². The number of nitrogens with one attached hydrogen (secondary N) is 2. The van der Waals surface area contributed by atoms with Crippen molar-refractivity contribution in [3.05, 3.63) is 102 Å². The predicted molar refractivity (Wildman–Crippen MR) is 136 cm³/mol. The van der Waals surface area contributed by atoms with E-state index in [9.17, 15) is 4.79 Å². The molecule has 2 atom stereocenters. The first-order valence-electron chi connectivity index (χ1n) is 12.2. The van der Waals surface area contributed by atoms with Gasteiger partial charge in [-0.05, 0) is 53.1 Å². The summed E-state index contributed by atoms with van der Waals surface area (Å²) >= 11 is 0. The van der Waals surface area contributed by atoms with E-state index in [1.807, 2.05) is 42.6 Å². The third-order valence-corrected chi connectivity index (χ3v) is 6.63. The maximum absolute atomic E-state index is 13.3. The van der Waals surface area contributed by atoms with Crippen molar-refractivity contribution in [2.75, 3.05) is 0 Å². The molecule has 2 aromatic carbocycles. The summed E-state index contributed by atoms with van der Waals surface area (Å²) in [6.45, 7) is 5.79. The van der Waals surface area contributed by atoms with Crippen molar-refractivity contribution in [3.8, 4) is 0 Å². The molecular formula is C29H32N4O. The molecule has 0 saturated heterocycles. The smallest absolute Gasteiger partial charge is 0.237 e. The minimum absolute atomic E-state index is 0.0542. The van der Waals surface area contributed by atoms with Crippen molar-refractivity contribution in [1.29, 1.82) is 0 Å². The molecule has 1 amide bonds. The maximum Gasteiger partial charge on any atom is 0.237 e. The standard InChI is InChI=1S/C29H32N4O/c1-20(2)14-25-24-11-6-12-27-28(24)23(19-33(27)18-22-10-7-13-30-16-22)15-26(32-25)29(34)31-17-21-8-4-3-5-9-21/h3-13,16,19-20,25-26,32H,14-15,17-18H2,1-2H3,(H,31,34). The van der Waals surface area contributed by atoms with Gasteiger partial charge < -0.3 is 9.88 Å². The number of hydrogen-bond acceptors (Lipinski definition) is 3. The van der Waals surface area contributed by atoms with Crippen molar-refractivity contribution >= 4 is 16.8 Å². The van der Waals surface area contributed by atoms with Crippen LogP contribution in [0.4, 0.5) is 0 Å². The van der Waals surface area contributed by atoms with Crippen LogP contribution in [0.5, 0.6) is 0 Å². The van der Waals surface area contributed by atoms with Crippen molar-refractivity contribution in [1.82, 2.24) is 20.2 Å². The summed E-state index contributed by atoms with van der Waals surface area (Å²) in [6.07, 6.45) is 7.61. The monoisotopic (exact) mass is 452 g/mol. The van der Waals surface area contributed by atoms with Crippen molar-refractivity contribution in [2.24, 2.45) is 5.92 Å². The third-order valence-electron chi connectivity index (χ3n) is 6.63. The molecule has 3 heterocycles. The lowest BCUT2D eigenvalue weighted by Crippen LogP contribution is -2.46. The fraction of sp³-hybridized carbons (Fsp3) is 0.310. The first-order valence-corrected chi connectivity index (χ1v) is 12.2. The number of carbonyl (C=O) groups is 1. The molecule has 5 rings (SSSR count). The summed E-state index contributed by atoms with van der Waals surface area (Å²) in [5.74, 6) is 0.568. The summed E-state index contributed by atoms with van der Waals surface area (Å²) in [5, 5.41) is 8.17. The molecule has 174 valence electrons. The molecule has 1 aliphatic heterocycles. The molecule has 2 aromatic heterocycles. The van der Waals surface area contributed by atoms with E-state index in [0.29, 0.717) is 18.9 Å². The number of carbonyl (C=O) groups excluding carboxylic acids is 1. The normalized spacial score (nSPS) is 17.6. The van der Waals surface area contributed by atoms with E-state index in [0.717, 1.165) is 18.5 Å². The van der Waals surface area contributed by atoms with Gasteiger partial charge in [0.15, 0.2) is 0 Å². The fourth-order valence-electron chi connectivity index (χ4n) is 5.09. The van der Waals surface area contributed by atoms with Gasteiger partial charge in [0.25, 0.3) is 0 Å². The van der Waals surface area contributed by atoms with Crippen LogP contribution in [0.15, 0.2) is 79.3 Å². The minimum atomic E-state index is -0.280. The Balaban J connectivity index is 1.48. The Morgan fingerprint density at radius 1 is 1.09 bits per heavy atom. The Morgan fingerprint density at radius 3 is 2.68 bits per heavy atom. The highest BCUT2D eigenvalue weighted by atomic mass is 16.2. The number of rotatable bonds is 7. The van der Waals surface area contributed by atoms with Crippen molar-refractivity contribution in [2.45, 2.75) is 51.9 Å². The molecule has 0 bridgehead atoms. The second kappa shape index (κ2) is 9.82. The van der Waals surface area contributed by atoms with Crippen LogP contribution in [0.2, 0.25) is 0 Å². The molecule has 1 aliphatic rings. The Morgan fingerprint density at radius 2 is 1.91 bits per heavy atom. The molecular weight excluding hydrogens is 420 g/mol. The van der Waals surface area contributed by atoms with Gasteiger partial charge in [-0.15, -0.1) is 0 Å². The van der Waals surface area contributed by atoms with Gasteiger partial charge in [0.1, 0.15) is 0 Å². The quantitative estimate of drug-likeness (QED) is 0.415. The van der Waals surface area contributed by atoms with Crippen LogP contribution in [-0.4, -0.2) is 21.5 Å². The maximum atomic E-state index is 13.3. The van der Waals surface area contributed by atoms with E-state index in [1.54, 1.807) is 6.20 Å². The van der Waals surface area contributed by atoms with Gasteiger partial charge in [-0.1, -0.05) is 62.4 Å². The highest BCUT2D eigenvalue weighted by Gasteiger charge is 2.30. The van der Waals surface area contributed by atoms with Crippen LogP contribution >= 0.6 is 0 Å². The average molecular weight is 453 g/mol. The Hall–Kier alpha value is -3.44. The molecule has 0 aliphatic carbocycles.